The number of nitrogens with zero attached hydrogens (tertiary/aromatic N) is 1. The molecule has 0 radical (unpaired) electrons. The first kappa shape index (κ1) is 14.3. The van der Waals surface area contributed by atoms with Gasteiger partial charge in [0.05, 0.1) is 7.11 Å². The first-order valence-corrected chi connectivity index (χ1v) is 6.60. The molecule has 104 valence electrons. The summed E-state index contributed by atoms with van der Waals surface area (Å²) in [5.74, 6) is 1.58. The van der Waals surface area contributed by atoms with Gasteiger partial charge in [-0.2, -0.15) is 0 Å². The molecule has 1 aromatic carbocycles. The average Bonchev–Trinajstić information content (AvgIpc) is 2.38. The fourth-order valence-electron chi connectivity index (χ4n) is 1.98. The molecule has 0 saturated carbocycles. The van der Waals surface area contributed by atoms with Crippen molar-refractivity contribution in [3.05, 3.63) is 47.2 Å². The number of methoxy groups -OCH3 is 1. The van der Waals surface area contributed by atoms with Crippen LogP contribution < -0.4 is 15.8 Å². The van der Waals surface area contributed by atoms with Crippen molar-refractivity contribution in [2.45, 2.75) is 13.8 Å². The van der Waals surface area contributed by atoms with E-state index in [2.05, 4.69) is 10.3 Å². The van der Waals surface area contributed by atoms with Gasteiger partial charge < -0.3 is 15.8 Å². The molecule has 0 saturated heterocycles. The highest BCUT2D eigenvalue weighted by Gasteiger charge is 2.05. The fourth-order valence-corrected chi connectivity index (χ4v) is 2.10. The average molecular weight is 287 g/mol. The van der Waals surface area contributed by atoms with Gasteiger partial charge in [-0.15, -0.1) is 0 Å². The summed E-state index contributed by atoms with van der Waals surface area (Å²) < 4.78 is 5.24. The molecule has 0 fully saturated rings. The van der Waals surface area contributed by atoms with Crippen LogP contribution in [-0.2, 0) is 0 Å². The largest absolute Gasteiger partial charge is 0.496 e. The lowest BCUT2D eigenvalue weighted by molar-refractivity contribution is 0.412. The molecule has 2 aromatic rings. The van der Waals surface area contributed by atoms with E-state index < -0.39 is 0 Å². The zero-order valence-corrected chi connectivity index (χ0v) is 12.5. The maximum atomic E-state index is 5.67. The minimum atomic E-state index is 0.365. The number of anilines is 2. The topological polar surface area (TPSA) is 60.2 Å². The van der Waals surface area contributed by atoms with Crippen molar-refractivity contribution in [2.24, 2.45) is 5.73 Å². The summed E-state index contributed by atoms with van der Waals surface area (Å²) in [7, 11) is 1.66. The summed E-state index contributed by atoms with van der Waals surface area (Å²) in [5.41, 5.74) is 9.33. The lowest BCUT2D eigenvalue weighted by Crippen LogP contribution is -2.10. The van der Waals surface area contributed by atoms with Crippen molar-refractivity contribution in [2.75, 3.05) is 12.4 Å². The van der Waals surface area contributed by atoms with Crippen molar-refractivity contribution in [1.82, 2.24) is 4.98 Å². The molecule has 0 aliphatic carbocycles. The number of aryl methyl sites for hydroxylation is 2. The molecule has 1 heterocycles. The van der Waals surface area contributed by atoms with Gasteiger partial charge in [0.15, 0.2) is 0 Å². The van der Waals surface area contributed by atoms with E-state index in [0.717, 1.165) is 34.1 Å². The molecule has 1 aromatic heterocycles. The van der Waals surface area contributed by atoms with E-state index in [9.17, 15) is 0 Å². The van der Waals surface area contributed by atoms with Crippen molar-refractivity contribution >= 4 is 28.7 Å². The number of benzene rings is 1. The van der Waals surface area contributed by atoms with Gasteiger partial charge in [0.2, 0.25) is 0 Å². The molecule has 0 atom stereocenters. The highest BCUT2D eigenvalue weighted by Crippen LogP contribution is 2.24. The normalized spacial score (nSPS) is 10.2. The number of hydrogen-bond acceptors (Lipinski definition) is 4. The molecule has 0 aliphatic heterocycles. The van der Waals surface area contributed by atoms with Gasteiger partial charge in [0.25, 0.3) is 0 Å². The lowest BCUT2D eigenvalue weighted by atomic mass is 10.2. The van der Waals surface area contributed by atoms with Gasteiger partial charge in [-0.05, 0) is 49.7 Å². The van der Waals surface area contributed by atoms with E-state index in [4.69, 9.17) is 22.7 Å². The van der Waals surface area contributed by atoms with E-state index in [-0.39, 0.29) is 0 Å². The van der Waals surface area contributed by atoms with Crippen LogP contribution >= 0.6 is 12.2 Å². The second kappa shape index (κ2) is 5.88. The number of hydrogen-bond donors (Lipinski definition) is 2. The minimum absolute atomic E-state index is 0.365. The predicted molar refractivity (Wildman–Crippen MR) is 85.9 cm³/mol. The van der Waals surface area contributed by atoms with Crippen LogP contribution in [0.1, 0.15) is 16.8 Å². The summed E-state index contributed by atoms with van der Waals surface area (Å²) in [6.45, 7) is 3.90. The number of aromatic nitrogens is 1. The Morgan fingerprint density at radius 3 is 2.60 bits per heavy atom. The molecule has 5 heteroatoms. The van der Waals surface area contributed by atoms with Crippen LogP contribution in [0.15, 0.2) is 30.3 Å². The monoisotopic (exact) mass is 287 g/mol. The maximum Gasteiger partial charge on any atom is 0.131 e. The van der Waals surface area contributed by atoms with Gasteiger partial charge in [-0.1, -0.05) is 12.2 Å². The number of nitrogens with one attached hydrogen (secondary N) is 1. The van der Waals surface area contributed by atoms with E-state index in [0.29, 0.717) is 4.99 Å². The van der Waals surface area contributed by atoms with Gasteiger partial charge >= 0.3 is 0 Å². The molecule has 20 heavy (non-hydrogen) atoms. The summed E-state index contributed by atoms with van der Waals surface area (Å²) in [6.07, 6.45) is 0. The van der Waals surface area contributed by atoms with Crippen LogP contribution in [0.2, 0.25) is 0 Å². The van der Waals surface area contributed by atoms with Crippen molar-refractivity contribution in [3.8, 4) is 5.75 Å². The van der Waals surface area contributed by atoms with Crippen LogP contribution in [0, 0.1) is 13.8 Å². The molecule has 0 amide bonds. The molecule has 3 N–H and O–H groups in total. The molecule has 0 bridgehead atoms. The van der Waals surface area contributed by atoms with Gasteiger partial charge in [0, 0.05) is 16.9 Å². The van der Waals surface area contributed by atoms with E-state index >= 15 is 0 Å². The van der Waals surface area contributed by atoms with E-state index in [1.807, 2.05) is 44.2 Å². The summed E-state index contributed by atoms with van der Waals surface area (Å²) >= 11 is 5.01. The Balaban J connectivity index is 2.30. The van der Waals surface area contributed by atoms with Gasteiger partial charge in [0.1, 0.15) is 16.6 Å². The Morgan fingerprint density at radius 2 is 2.00 bits per heavy atom. The Morgan fingerprint density at radius 1 is 1.25 bits per heavy atom. The molecule has 2 rings (SSSR count). The van der Waals surface area contributed by atoms with Crippen LogP contribution in [0.5, 0.6) is 5.75 Å². The summed E-state index contributed by atoms with van der Waals surface area (Å²) in [4.78, 5) is 4.79. The number of nitrogens with two attached hydrogens (primary N) is 1. The number of ether oxygens (including phenoxy) is 1. The number of thiocarbonyl (C=S) groups is 1. The first-order valence-electron chi connectivity index (χ1n) is 6.20. The summed E-state index contributed by atoms with van der Waals surface area (Å²) in [6, 6.07) is 9.57. The summed E-state index contributed by atoms with van der Waals surface area (Å²) in [5, 5.41) is 3.25. The maximum absolute atomic E-state index is 5.67. The number of pyridine rings is 1. The van der Waals surface area contributed by atoms with E-state index in [1.165, 1.54) is 0 Å². The molecular formula is C15H17N3OS. The van der Waals surface area contributed by atoms with Crippen LogP contribution in [0.4, 0.5) is 11.5 Å². The standard InChI is InChI=1S/C15H17N3OS/c1-9-6-12(4-5-13(9)19-3)18-14-8-11(15(16)20)7-10(2)17-14/h4-8H,1-3H3,(H2,16,20)(H,17,18). The molecule has 4 nitrogen and oxygen atoms in total. The van der Waals surface area contributed by atoms with Gasteiger partial charge in [-0.3, -0.25) is 0 Å². The molecular weight excluding hydrogens is 270 g/mol. The molecule has 0 spiro atoms. The van der Waals surface area contributed by atoms with Gasteiger partial charge in [-0.25, -0.2) is 4.98 Å². The lowest BCUT2D eigenvalue weighted by Gasteiger charge is -2.11. The third-order valence-electron chi connectivity index (χ3n) is 2.91. The van der Waals surface area contributed by atoms with E-state index in [1.54, 1.807) is 7.11 Å². The fraction of sp³-hybridized carbons (Fsp3) is 0.200. The van der Waals surface area contributed by atoms with Crippen LogP contribution in [-0.4, -0.2) is 17.1 Å². The predicted octanol–water partition coefficient (Wildman–Crippen LogP) is 3.08. The molecule has 0 aliphatic rings. The van der Waals surface area contributed by atoms with Crippen LogP contribution in [0.25, 0.3) is 0 Å². The minimum Gasteiger partial charge on any atom is -0.496 e. The number of rotatable bonds is 4. The second-order valence-corrected chi connectivity index (χ2v) is 5.00. The SMILES string of the molecule is COc1ccc(Nc2cc(C(N)=S)cc(C)n2)cc1C. The smallest absolute Gasteiger partial charge is 0.131 e. The second-order valence-electron chi connectivity index (χ2n) is 4.56. The Bertz CT molecular complexity index is 656. The quantitative estimate of drug-likeness (QED) is 0.846. The Hall–Kier alpha value is -2.14. The molecule has 0 unspecified atom stereocenters. The first-order chi connectivity index (χ1) is 9.49. The Kier molecular flexibility index (Phi) is 4.20. The Labute approximate surface area is 124 Å². The van der Waals surface area contributed by atoms with Crippen molar-refractivity contribution in [3.63, 3.8) is 0 Å². The zero-order chi connectivity index (χ0) is 14.7. The zero-order valence-electron chi connectivity index (χ0n) is 11.7. The van der Waals surface area contributed by atoms with Crippen LogP contribution in [0.3, 0.4) is 0 Å². The van der Waals surface area contributed by atoms with Crippen molar-refractivity contribution < 1.29 is 4.74 Å². The third kappa shape index (κ3) is 3.24. The van der Waals surface area contributed by atoms with Crippen molar-refractivity contribution in [1.29, 1.82) is 0 Å². The highest BCUT2D eigenvalue weighted by molar-refractivity contribution is 7.80. The third-order valence-corrected chi connectivity index (χ3v) is 3.14. The highest BCUT2D eigenvalue weighted by atomic mass is 32.1.